The minimum absolute atomic E-state index is 0.0980. The third-order valence-corrected chi connectivity index (χ3v) is 6.21. The van der Waals surface area contributed by atoms with Crippen molar-refractivity contribution in [3.05, 3.63) is 47.5 Å². The molecule has 2 aromatic heterocycles. The molecule has 0 unspecified atom stereocenters. The highest BCUT2D eigenvalue weighted by Gasteiger charge is 2.19. The number of hydrogen-bond donors (Lipinski definition) is 1. The van der Waals surface area contributed by atoms with E-state index >= 15 is 0 Å². The first-order chi connectivity index (χ1) is 15.5. The Bertz CT molecular complexity index is 1130. The second-order valence-corrected chi connectivity index (χ2v) is 8.37. The van der Waals surface area contributed by atoms with E-state index in [9.17, 15) is 9.59 Å². The zero-order valence-electron chi connectivity index (χ0n) is 18.0. The van der Waals surface area contributed by atoms with Crippen LogP contribution in [0.25, 0.3) is 11.4 Å². The number of anilines is 1. The molecule has 1 N–H and O–H groups in total. The zero-order valence-corrected chi connectivity index (χ0v) is 19.6. The Morgan fingerprint density at radius 2 is 2.16 bits per heavy atom. The van der Waals surface area contributed by atoms with Crippen LogP contribution < -0.4 is 10.1 Å². The number of benzene rings is 1. The van der Waals surface area contributed by atoms with Gasteiger partial charge in [-0.25, -0.2) is 9.78 Å². The van der Waals surface area contributed by atoms with Crippen LogP contribution in [0.5, 0.6) is 5.75 Å². The van der Waals surface area contributed by atoms with E-state index in [1.807, 2.05) is 28.8 Å². The second-order valence-electron chi connectivity index (χ2n) is 6.43. The molecule has 2 heterocycles. The highest BCUT2D eigenvalue weighted by atomic mass is 32.2. The van der Waals surface area contributed by atoms with E-state index in [0.717, 1.165) is 16.9 Å². The van der Waals surface area contributed by atoms with Crippen molar-refractivity contribution in [2.75, 3.05) is 24.8 Å². The molecule has 0 saturated carbocycles. The van der Waals surface area contributed by atoms with Gasteiger partial charge in [-0.2, -0.15) is 0 Å². The van der Waals surface area contributed by atoms with Crippen molar-refractivity contribution in [1.29, 1.82) is 0 Å². The molecular weight excluding hydrogens is 450 g/mol. The van der Waals surface area contributed by atoms with Gasteiger partial charge in [0.1, 0.15) is 10.6 Å². The maximum Gasteiger partial charge on any atom is 0.350 e. The number of carbonyl (C=O) groups is 2. The monoisotopic (exact) mass is 473 g/mol. The summed E-state index contributed by atoms with van der Waals surface area (Å²) in [5.74, 6) is 0.752. The van der Waals surface area contributed by atoms with Crippen molar-refractivity contribution >= 4 is 40.1 Å². The van der Waals surface area contributed by atoms with Crippen molar-refractivity contribution in [2.24, 2.45) is 0 Å². The second kappa shape index (κ2) is 10.9. The number of nitrogens with zero attached hydrogens (tertiary/aromatic N) is 4. The molecule has 0 aliphatic carbocycles. The minimum Gasteiger partial charge on any atom is -0.497 e. The molecule has 0 bridgehead atoms. The Kier molecular flexibility index (Phi) is 8.01. The van der Waals surface area contributed by atoms with Gasteiger partial charge in [0.25, 0.3) is 0 Å². The normalized spacial score (nSPS) is 10.6. The summed E-state index contributed by atoms with van der Waals surface area (Å²) in [6.07, 6.45) is 1.74. The van der Waals surface area contributed by atoms with Gasteiger partial charge in [-0.05, 0) is 26.0 Å². The van der Waals surface area contributed by atoms with Gasteiger partial charge < -0.3 is 14.8 Å². The van der Waals surface area contributed by atoms with Crippen LogP contribution in [0.15, 0.2) is 42.1 Å². The number of hydrogen-bond acceptors (Lipinski definition) is 9. The minimum atomic E-state index is -0.444. The van der Waals surface area contributed by atoms with Crippen LogP contribution in [0.2, 0.25) is 0 Å². The maximum absolute atomic E-state index is 12.5. The third-order valence-electron chi connectivity index (χ3n) is 4.19. The number of allylic oxidation sites excluding steroid dienone is 1. The van der Waals surface area contributed by atoms with Gasteiger partial charge in [0.2, 0.25) is 5.91 Å². The number of rotatable bonds is 10. The summed E-state index contributed by atoms with van der Waals surface area (Å²) in [5, 5.41) is 12.2. The standard InChI is InChI=1S/C21H23N5O4S2/c1-5-10-26-18(14-8-7-9-15(11-14)29-4)24-25-21(26)31-12-16(27)23-20-22-13(3)17(32-20)19(28)30-6-2/h5,7-9,11H,1,6,10,12H2,2-4H3,(H,22,23,27). The molecule has 32 heavy (non-hydrogen) atoms. The largest absolute Gasteiger partial charge is 0.497 e. The lowest BCUT2D eigenvalue weighted by Gasteiger charge is -2.08. The molecule has 3 aromatic rings. The molecule has 168 valence electrons. The smallest absolute Gasteiger partial charge is 0.350 e. The van der Waals surface area contributed by atoms with Crippen LogP contribution in [0.3, 0.4) is 0 Å². The molecule has 0 aliphatic rings. The molecule has 3 rings (SSSR count). The summed E-state index contributed by atoms with van der Waals surface area (Å²) in [7, 11) is 1.60. The molecular formula is C21H23N5O4S2. The fourth-order valence-electron chi connectivity index (χ4n) is 2.79. The van der Waals surface area contributed by atoms with Gasteiger partial charge in [0.15, 0.2) is 16.1 Å². The van der Waals surface area contributed by atoms with Gasteiger partial charge in [-0.1, -0.05) is 41.3 Å². The third kappa shape index (κ3) is 5.54. The predicted molar refractivity (Wildman–Crippen MR) is 124 cm³/mol. The van der Waals surface area contributed by atoms with Gasteiger partial charge in [0.05, 0.1) is 25.2 Å². The molecule has 9 nitrogen and oxygen atoms in total. The Balaban J connectivity index is 1.69. The maximum atomic E-state index is 12.5. The van der Waals surface area contributed by atoms with Crippen molar-refractivity contribution < 1.29 is 19.1 Å². The first-order valence-corrected chi connectivity index (χ1v) is 11.5. The number of esters is 1. The molecule has 1 amide bonds. The fourth-order valence-corrected chi connectivity index (χ4v) is 4.41. The number of methoxy groups -OCH3 is 1. The van der Waals surface area contributed by atoms with Crippen LogP contribution in [0.4, 0.5) is 5.13 Å². The van der Waals surface area contributed by atoms with Gasteiger partial charge in [-0.3, -0.25) is 9.36 Å². The zero-order chi connectivity index (χ0) is 23.1. The van der Waals surface area contributed by atoms with E-state index in [4.69, 9.17) is 9.47 Å². The quantitative estimate of drug-likeness (QED) is 0.269. The van der Waals surface area contributed by atoms with Gasteiger partial charge >= 0.3 is 5.97 Å². The number of ether oxygens (including phenoxy) is 2. The average molecular weight is 474 g/mol. The van der Waals surface area contributed by atoms with Gasteiger partial charge in [-0.15, -0.1) is 16.8 Å². The number of nitrogens with one attached hydrogen (secondary N) is 1. The first kappa shape index (κ1) is 23.5. The Morgan fingerprint density at radius 1 is 1.34 bits per heavy atom. The van der Waals surface area contributed by atoms with Gasteiger partial charge in [0, 0.05) is 12.1 Å². The van der Waals surface area contributed by atoms with E-state index in [-0.39, 0.29) is 18.3 Å². The molecule has 0 fully saturated rings. The Morgan fingerprint density at radius 3 is 2.88 bits per heavy atom. The van der Waals surface area contributed by atoms with Crippen LogP contribution in [-0.4, -0.2) is 51.1 Å². The summed E-state index contributed by atoms with van der Waals surface area (Å²) in [4.78, 5) is 29.0. The van der Waals surface area contributed by atoms with E-state index < -0.39 is 5.97 Å². The number of amides is 1. The topological polar surface area (TPSA) is 108 Å². The van der Waals surface area contributed by atoms with E-state index in [1.54, 1.807) is 27.0 Å². The van der Waals surface area contributed by atoms with E-state index in [1.165, 1.54) is 11.8 Å². The summed E-state index contributed by atoms with van der Waals surface area (Å²) < 4.78 is 12.2. The number of thioether (sulfide) groups is 1. The lowest BCUT2D eigenvalue weighted by molar-refractivity contribution is -0.113. The van der Waals surface area contributed by atoms with Crippen molar-refractivity contribution in [1.82, 2.24) is 19.7 Å². The number of aromatic nitrogens is 4. The molecule has 0 radical (unpaired) electrons. The summed E-state index contributed by atoms with van der Waals surface area (Å²) >= 11 is 2.34. The Labute approximate surface area is 193 Å². The Hall–Kier alpha value is -3.18. The van der Waals surface area contributed by atoms with Crippen LogP contribution in [0.1, 0.15) is 22.3 Å². The summed E-state index contributed by atoms with van der Waals surface area (Å²) in [6, 6.07) is 7.52. The van der Waals surface area contributed by atoms with Crippen LogP contribution in [-0.2, 0) is 16.1 Å². The predicted octanol–water partition coefficient (Wildman–Crippen LogP) is 3.81. The molecule has 0 saturated heterocycles. The average Bonchev–Trinajstić information content (AvgIpc) is 3.35. The highest BCUT2D eigenvalue weighted by Crippen LogP contribution is 2.27. The van der Waals surface area contributed by atoms with Crippen molar-refractivity contribution in [3.8, 4) is 17.1 Å². The van der Waals surface area contributed by atoms with E-state index in [2.05, 4.69) is 27.1 Å². The summed E-state index contributed by atoms with van der Waals surface area (Å²) in [5.41, 5.74) is 1.37. The molecule has 1 aromatic carbocycles. The molecule has 0 spiro atoms. The first-order valence-electron chi connectivity index (χ1n) is 9.72. The lowest BCUT2D eigenvalue weighted by Crippen LogP contribution is -2.14. The number of carbonyl (C=O) groups excluding carboxylic acids is 2. The van der Waals surface area contributed by atoms with Crippen molar-refractivity contribution in [3.63, 3.8) is 0 Å². The van der Waals surface area contributed by atoms with E-state index in [0.29, 0.717) is 39.0 Å². The molecule has 11 heteroatoms. The lowest BCUT2D eigenvalue weighted by atomic mass is 10.2. The number of aryl methyl sites for hydroxylation is 1. The summed E-state index contributed by atoms with van der Waals surface area (Å²) in [6.45, 7) is 7.99. The molecule has 0 atom stereocenters. The van der Waals surface area contributed by atoms with Crippen LogP contribution >= 0.6 is 23.1 Å². The SMILES string of the molecule is C=CCn1c(SCC(=O)Nc2nc(C)c(C(=O)OCC)s2)nnc1-c1cccc(OC)c1. The molecule has 0 aliphatic heterocycles. The van der Waals surface area contributed by atoms with Crippen molar-refractivity contribution in [2.45, 2.75) is 25.5 Å². The number of thiazole rings is 1. The van der Waals surface area contributed by atoms with Crippen LogP contribution in [0, 0.1) is 6.92 Å². The highest BCUT2D eigenvalue weighted by molar-refractivity contribution is 7.99. The fraction of sp³-hybridized carbons (Fsp3) is 0.286.